The number of ether oxygens (including phenoxy) is 1. The lowest BCUT2D eigenvalue weighted by atomic mass is 9.59. The van der Waals surface area contributed by atoms with Crippen molar-refractivity contribution in [2.24, 2.45) is 17.1 Å². The first-order valence-electron chi connectivity index (χ1n) is 9.98. The molecule has 0 radical (unpaired) electrons. The fraction of sp³-hybridized carbons (Fsp3) is 0.250. The van der Waals surface area contributed by atoms with Gasteiger partial charge in [-0.15, -0.1) is 11.3 Å². The molecule has 2 aliphatic rings. The zero-order valence-corrected chi connectivity index (χ0v) is 17.9. The van der Waals surface area contributed by atoms with E-state index in [-0.39, 0.29) is 31.0 Å². The molecule has 8 heteroatoms. The maximum absolute atomic E-state index is 12.8. The number of nitriles is 3. The fourth-order valence-corrected chi connectivity index (χ4v) is 5.37. The summed E-state index contributed by atoms with van der Waals surface area (Å²) in [7, 11) is 0. The molecule has 0 spiro atoms. The van der Waals surface area contributed by atoms with E-state index in [9.17, 15) is 20.6 Å². The standard InChI is InChI=1S/C24H19N5O2S/c25-11-18-17-8-9-29(23(30)31-13-16-5-2-1-3-6-16)12-19(17)21(20-7-4-10-32-20)24(14-26,15-27)22(18)28/h1-8,10,19,21H,9,12-13,28H2/t19-,21+/m1/s1. The summed E-state index contributed by atoms with van der Waals surface area (Å²) in [6.07, 6.45) is 1.29. The molecule has 0 bridgehead atoms. The zero-order chi connectivity index (χ0) is 22.7. The smallest absolute Gasteiger partial charge is 0.410 e. The lowest BCUT2D eigenvalue weighted by Crippen LogP contribution is -2.49. The van der Waals surface area contributed by atoms with Crippen LogP contribution in [-0.4, -0.2) is 24.1 Å². The van der Waals surface area contributed by atoms with Gasteiger partial charge in [0.05, 0.1) is 23.4 Å². The van der Waals surface area contributed by atoms with E-state index in [0.29, 0.717) is 5.57 Å². The molecule has 2 aromatic rings. The number of benzene rings is 1. The van der Waals surface area contributed by atoms with E-state index in [0.717, 1.165) is 10.4 Å². The first-order valence-corrected chi connectivity index (χ1v) is 10.9. The van der Waals surface area contributed by atoms with Crippen molar-refractivity contribution in [2.75, 3.05) is 13.1 Å². The number of nitrogens with two attached hydrogens (primary N) is 1. The number of amides is 1. The zero-order valence-electron chi connectivity index (χ0n) is 17.1. The number of rotatable bonds is 3. The third kappa shape index (κ3) is 3.39. The van der Waals surface area contributed by atoms with Crippen molar-refractivity contribution < 1.29 is 9.53 Å². The Balaban J connectivity index is 1.69. The highest BCUT2D eigenvalue weighted by Gasteiger charge is 2.55. The number of carbonyl (C=O) groups is 1. The molecule has 0 fully saturated rings. The molecule has 2 N–H and O–H groups in total. The van der Waals surface area contributed by atoms with Crippen molar-refractivity contribution in [2.45, 2.75) is 12.5 Å². The minimum absolute atomic E-state index is 0.0222. The van der Waals surface area contributed by atoms with Gasteiger partial charge in [-0.3, -0.25) is 0 Å². The number of carbonyl (C=O) groups excluding carboxylic acids is 1. The average molecular weight is 442 g/mol. The maximum atomic E-state index is 12.8. The van der Waals surface area contributed by atoms with Crippen molar-refractivity contribution in [1.82, 2.24) is 4.90 Å². The molecule has 1 aliphatic heterocycles. The second kappa shape index (κ2) is 8.59. The normalized spacial score (nSPS) is 21.4. The average Bonchev–Trinajstić information content (AvgIpc) is 3.36. The monoisotopic (exact) mass is 441 g/mol. The van der Waals surface area contributed by atoms with Crippen LogP contribution in [0.1, 0.15) is 16.4 Å². The Kier molecular flexibility index (Phi) is 5.69. The predicted molar refractivity (Wildman–Crippen MR) is 117 cm³/mol. The number of allylic oxidation sites excluding steroid dienone is 2. The van der Waals surface area contributed by atoms with E-state index in [4.69, 9.17) is 10.5 Å². The molecule has 7 nitrogen and oxygen atoms in total. The van der Waals surface area contributed by atoms with Gasteiger partial charge in [-0.1, -0.05) is 42.5 Å². The van der Waals surface area contributed by atoms with Gasteiger partial charge in [0.25, 0.3) is 0 Å². The van der Waals surface area contributed by atoms with E-state index in [1.54, 1.807) is 6.08 Å². The topological polar surface area (TPSA) is 127 Å². The molecule has 32 heavy (non-hydrogen) atoms. The number of nitrogens with zero attached hydrogens (tertiary/aromatic N) is 4. The Hall–Kier alpha value is -4.06. The Morgan fingerprint density at radius 1 is 1.19 bits per heavy atom. The highest BCUT2D eigenvalue weighted by atomic mass is 32.1. The highest BCUT2D eigenvalue weighted by Crippen LogP contribution is 2.54. The first-order chi connectivity index (χ1) is 15.6. The summed E-state index contributed by atoms with van der Waals surface area (Å²) in [6.45, 7) is 0.606. The van der Waals surface area contributed by atoms with Crippen LogP contribution in [0.25, 0.3) is 0 Å². The van der Waals surface area contributed by atoms with Crippen molar-refractivity contribution in [3.63, 3.8) is 0 Å². The van der Waals surface area contributed by atoms with Crippen LogP contribution in [0.3, 0.4) is 0 Å². The van der Waals surface area contributed by atoms with E-state index in [1.807, 2.05) is 47.8 Å². The third-order valence-corrected chi connectivity index (χ3v) is 6.93. The number of fused-ring (bicyclic) bond motifs is 1. The molecule has 0 saturated heterocycles. The molecule has 158 valence electrons. The minimum atomic E-state index is -1.70. The summed E-state index contributed by atoms with van der Waals surface area (Å²) in [5.41, 5.74) is 6.26. The molecule has 2 heterocycles. The number of hydrogen-bond acceptors (Lipinski definition) is 7. The molecular weight excluding hydrogens is 422 g/mol. The van der Waals surface area contributed by atoms with E-state index < -0.39 is 23.3 Å². The van der Waals surface area contributed by atoms with Gasteiger partial charge in [0.2, 0.25) is 0 Å². The van der Waals surface area contributed by atoms with Gasteiger partial charge < -0.3 is 15.4 Å². The van der Waals surface area contributed by atoms with Crippen molar-refractivity contribution in [1.29, 1.82) is 15.8 Å². The molecule has 0 saturated carbocycles. The Bertz CT molecular complexity index is 1200. The lowest BCUT2D eigenvalue weighted by molar-refractivity contribution is 0.0900. The summed E-state index contributed by atoms with van der Waals surface area (Å²) >= 11 is 1.42. The number of thiophene rings is 1. The minimum Gasteiger partial charge on any atom is -0.445 e. The van der Waals surface area contributed by atoms with Crippen molar-refractivity contribution in [3.05, 3.63) is 81.2 Å². The molecule has 0 unspecified atom stereocenters. The lowest BCUT2D eigenvalue weighted by Gasteiger charge is -2.44. The van der Waals surface area contributed by atoms with Gasteiger partial charge in [-0.05, 0) is 22.6 Å². The SMILES string of the molecule is N#CC1=C(N)C(C#N)(C#N)[C@H](c2cccs2)[C@@H]2CN(C(=O)OCc3ccccc3)CC=C12. The predicted octanol–water partition coefficient (Wildman–Crippen LogP) is 3.81. The van der Waals surface area contributed by atoms with Crippen LogP contribution in [0.15, 0.2) is 70.8 Å². The summed E-state index contributed by atoms with van der Waals surface area (Å²) in [5.74, 6) is -1.04. The summed E-state index contributed by atoms with van der Waals surface area (Å²) in [6, 6.07) is 19.3. The molecule has 1 aromatic carbocycles. The van der Waals surface area contributed by atoms with E-state index in [1.165, 1.54) is 16.2 Å². The van der Waals surface area contributed by atoms with Crippen LogP contribution in [0.5, 0.6) is 0 Å². The second-order valence-electron chi connectivity index (χ2n) is 7.64. The summed E-state index contributed by atoms with van der Waals surface area (Å²) in [5, 5.41) is 31.8. The van der Waals surface area contributed by atoms with Gasteiger partial charge in [0.1, 0.15) is 12.7 Å². The van der Waals surface area contributed by atoms with E-state index in [2.05, 4.69) is 18.2 Å². The van der Waals surface area contributed by atoms with Gasteiger partial charge in [0.15, 0.2) is 5.41 Å². The molecule has 1 aromatic heterocycles. The maximum Gasteiger partial charge on any atom is 0.410 e. The first kappa shape index (κ1) is 21.2. The van der Waals surface area contributed by atoms with Crippen LogP contribution in [0, 0.1) is 45.3 Å². The molecule has 4 rings (SSSR count). The Labute approximate surface area is 189 Å². The van der Waals surface area contributed by atoms with Crippen LogP contribution in [0.2, 0.25) is 0 Å². The molecule has 1 aliphatic carbocycles. The van der Waals surface area contributed by atoms with Crippen molar-refractivity contribution >= 4 is 17.4 Å². The van der Waals surface area contributed by atoms with Gasteiger partial charge in [-0.25, -0.2) is 4.79 Å². The second-order valence-corrected chi connectivity index (χ2v) is 8.62. The van der Waals surface area contributed by atoms with Gasteiger partial charge in [-0.2, -0.15) is 15.8 Å². The highest BCUT2D eigenvalue weighted by molar-refractivity contribution is 7.10. The third-order valence-electron chi connectivity index (χ3n) is 5.98. The quantitative estimate of drug-likeness (QED) is 0.771. The molecule has 2 atom stereocenters. The Morgan fingerprint density at radius 3 is 2.56 bits per heavy atom. The molecular formula is C24H19N5O2S. The van der Waals surface area contributed by atoms with Crippen LogP contribution in [0.4, 0.5) is 4.79 Å². The Morgan fingerprint density at radius 2 is 1.94 bits per heavy atom. The van der Waals surface area contributed by atoms with E-state index >= 15 is 0 Å². The fourth-order valence-electron chi connectivity index (χ4n) is 4.41. The molecule has 1 amide bonds. The van der Waals surface area contributed by atoms with Gasteiger partial charge in [0, 0.05) is 29.8 Å². The summed E-state index contributed by atoms with van der Waals surface area (Å²) < 4.78 is 5.48. The summed E-state index contributed by atoms with van der Waals surface area (Å²) in [4.78, 5) is 15.1. The largest absolute Gasteiger partial charge is 0.445 e. The van der Waals surface area contributed by atoms with Crippen molar-refractivity contribution in [3.8, 4) is 18.2 Å². The van der Waals surface area contributed by atoms with Gasteiger partial charge >= 0.3 is 6.09 Å². The van der Waals surface area contributed by atoms with Crippen LogP contribution >= 0.6 is 11.3 Å². The van der Waals surface area contributed by atoms with Crippen LogP contribution in [-0.2, 0) is 11.3 Å². The van der Waals surface area contributed by atoms with Crippen LogP contribution < -0.4 is 5.73 Å². The number of hydrogen-bond donors (Lipinski definition) is 1.